The zero-order valence-corrected chi connectivity index (χ0v) is 20.4. The van der Waals surface area contributed by atoms with E-state index in [9.17, 15) is 0 Å². The molecular formula is C16H42Si4. The summed E-state index contributed by atoms with van der Waals surface area (Å²) in [6.07, 6.45) is 1.42. The maximum Gasteiger partial charge on any atom is 0.0485 e. The van der Waals surface area contributed by atoms with Crippen molar-refractivity contribution >= 4 is 32.3 Å². The quantitative estimate of drug-likeness (QED) is 0.421. The van der Waals surface area contributed by atoms with E-state index >= 15 is 0 Å². The molecule has 20 heavy (non-hydrogen) atoms. The van der Waals surface area contributed by atoms with E-state index in [1.807, 2.05) is 0 Å². The minimum Gasteiger partial charge on any atom is -0.0698 e. The van der Waals surface area contributed by atoms with E-state index in [-0.39, 0.29) is 0 Å². The van der Waals surface area contributed by atoms with E-state index in [2.05, 4.69) is 72.8 Å². The summed E-state index contributed by atoms with van der Waals surface area (Å²) in [4.78, 5) is 0. The van der Waals surface area contributed by atoms with E-state index in [1.165, 1.54) is 6.42 Å². The molecule has 0 radical (unpaired) electrons. The summed E-state index contributed by atoms with van der Waals surface area (Å²) in [5.41, 5.74) is 6.09. The lowest BCUT2D eigenvalue weighted by molar-refractivity contribution is 0.832. The molecule has 0 aromatic carbocycles. The molecule has 0 aliphatic heterocycles. The molecule has 0 aromatic rings. The summed E-state index contributed by atoms with van der Waals surface area (Å²) in [6, 6.07) is 0. The molecule has 0 aromatic heterocycles. The zero-order chi connectivity index (χ0) is 16.4. The van der Waals surface area contributed by atoms with Gasteiger partial charge >= 0.3 is 0 Å². The molecule has 0 N–H and O–H groups in total. The highest BCUT2D eigenvalue weighted by molar-refractivity contribution is 7.08. The Hall–Kier alpha value is 0.868. The van der Waals surface area contributed by atoms with E-state index in [0.717, 1.165) is 5.54 Å². The molecule has 0 spiro atoms. The van der Waals surface area contributed by atoms with Crippen LogP contribution in [-0.2, 0) is 0 Å². The molecular weight excluding hydrogens is 305 g/mol. The lowest BCUT2D eigenvalue weighted by Gasteiger charge is -2.47. The third kappa shape index (κ3) is 8.34. The normalized spacial score (nSPS) is 16.4. The van der Waals surface area contributed by atoms with Gasteiger partial charge in [-0.05, 0) is 5.54 Å². The van der Waals surface area contributed by atoms with Crippen molar-refractivity contribution < 1.29 is 0 Å². The predicted octanol–water partition coefficient (Wildman–Crippen LogP) is 6.87. The molecule has 0 bridgehead atoms. The van der Waals surface area contributed by atoms with Crippen molar-refractivity contribution in [3.8, 4) is 0 Å². The van der Waals surface area contributed by atoms with Gasteiger partial charge in [-0.2, -0.15) is 0 Å². The third-order valence-electron chi connectivity index (χ3n) is 4.30. The van der Waals surface area contributed by atoms with Gasteiger partial charge in [0.25, 0.3) is 0 Å². The smallest absolute Gasteiger partial charge is 0.0485 e. The Morgan fingerprint density at radius 3 is 1.00 bits per heavy atom. The summed E-state index contributed by atoms with van der Waals surface area (Å²) < 4.78 is 0. The summed E-state index contributed by atoms with van der Waals surface area (Å²) in [5.74, 6) is 0. The van der Waals surface area contributed by atoms with Gasteiger partial charge in [0.15, 0.2) is 0 Å². The Bertz CT molecular complexity index is 250. The first kappa shape index (κ1) is 20.9. The third-order valence-corrected chi connectivity index (χ3v) is 28.0. The van der Waals surface area contributed by atoms with Crippen molar-refractivity contribution in [2.45, 2.75) is 102 Å². The largest absolute Gasteiger partial charge is 0.0698 e. The molecule has 4 heteroatoms. The second-order valence-corrected chi connectivity index (χ2v) is 34.2. The fraction of sp³-hybridized carbons (Fsp3) is 1.00. The van der Waals surface area contributed by atoms with Gasteiger partial charge in [0, 0.05) is 32.3 Å². The van der Waals surface area contributed by atoms with Gasteiger partial charge < -0.3 is 0 Å². The Labute approximate surface area is 134 Å². The van der Waals surface area contributed by atoms with Crippen molar-refractivity contribution in [2.24, 2.45) is 0 Å². The van der Waals surface area contributed by atoms with Crippen LogP contribution in [0.3, 0.4) is 0 Å². The molecule has 0 fully saturated rings. The summed E-state index contributed by atoms with van der Waals surface area (Å²) in [6.45, 7) is 28.6. The van der Waals surface area contributed by atoms with E-state index in [1.54, 1.807) is 17.0 Å². The Kier molecular flexibility index (Phi) is 7.27. The fourth-order valence-corrected chi connectivity index (χ4v) is 39.6. The molecule has 0 nitrogen and oxygen atoms in total. The molecule has 1 unspecified atom stereocenters. The van der Waals surface area contributed by atoms with Gasteiger partial charge in [-0.1, -0.05) is 96.2 Å². The Morgan fingerprint density at radius 2 is 0.850 bits per heavy atom. The van der Waals surface area contributed by atoms with Crippen LogP contribution in [0.5, 0.6) is 0 Å². The van der Waals surface area contributed by atoms with E-state index in [4.69, 9.17) is 0 Å². The zero-order valence-electron chi connectivity index (χ0n) is 16.4. The molecule has 0 rings (SSSR count). The maximum absolute atomic E-state index is 2.62. The average molecular weight is 347 g/mol. The fourth-order valence-electron chi connectivity index (χ4n) is 4.31. The minimum atomic E-state index is -1.12. The molecule has 0 amide bonds. The van der Waals surface area contributed by atoms with Gasteiger partial charge in [0.2, 0.25) is 0 Å². The Balaban J connectivity index is 5.63. The highest BCUT2D eigenvalue weighted by atomic mass is 28.4. The Morgan fingerprint density at radius 1 is 0.600 bits per heavy atom. The van der Waals surface area contributed by atoms with Crippen LogP contribution < -0.4 is 0 Å². The lowest BCUT2D eigenvalue weighted by Crippen LogP contribution is -2.54. The second-order valence-electron chi connectivity index (χ2n) is 10.9. The summed E-state index contributed by atoms with van der Waals surface area (Å²) >= 11 is 0. The molecule has 0 heterocycles. The van der Waals surface area contributed by atoms with Gasteiger partial charge in [0.1, 0.15) is 0 Å². The molecule has 0 aliphatic rings. The van der Waals surface area contributed by atoms with Gasteiger partial charge in [0.05, 0.1) is 0 Å². The van der Waals surface area contributed by atoms with E-state index in [0.29, 0.717) is 0 Å². The van der Waals surface area contributed by atoms with Gasteiger partial charge in [-0.3, -0.25) is 0 Å². The van der Waals surface area contributed by atoms with Crippen LogP contribution >= 0.6 is 0 Å². The first-order valence-electron chi connectivity index (χ1n) is 8.60. The predicted molar refractivity (Wildman–Crippen MR) is 110 cm³/mol. The topological polar surface area (TPSA) is 0 Å². The van der Waals surface area contributed by atoms with Crippen LogP contribution in [-0.4, -0.2) is 32.3 Å². The summed E-state index contributed by atoms with van der Waals surface area (Å²) in [5, 5.41) is 0. The van der Waals surface area contributed by atoms with Crippen LogP contribution in [0.25, 0.3) is 0 Å². The van der Waals surface area contributed by atoms with Crippen LogP contribution in [0.2, 0.25) is 81.5 Å². The number of hydrogen-bond acceptors (Lipinski definition) is 0. The van der Waals surface area contributed by atoms with Crippen LogP contribution in [0.4, 0.5) is 0 Å². The highest BCUT2D eigenvalue weighted by Gasteiger charge is 2.46. The monoisotopic (exact) mass is 346 g/mol. The van der Waals surface area contributed by atoms with Gasteiger partial charge in [-0.15, -0.1) is 0 Å². The average Bonchev–Trinajstić information content (AvgIpc) is 2.07. The van der Waals surface area contributed by atoms with Crippen molar-refractivity contribution in [1.29, 1.82) is 0 Å². The minimum absolute atomic E-state index is 0.965. The van der Waals surface area contributed by atoms with Gasteiger partial charge in [-0.25, -0.2) is 0 Å². The molecule has 1 atom stereocenters. The van der Waals surface area contributed by atoms with E-state index < -0.39 is 32.3 Å². The van der Waals surface area contributed by atoms with Crippen molar-refractivity contribution in [1.82, 2.24) is 0 Å². The van der Waals surface area contributed by atoms with Crippen LogP contribution in [0.15, 0.2) is 0 Å². The maximum atomic E-state index is 2.62. The number of rotatable bonds is 8. The molecule has 0 saturated heterocycles. The molecule has 122 valence electrons. The van der Waals surface area contributed by atoms with Crippen LogP contribution in [0.1, 0.15) is 20.3 Å². The van der Waals surface area contributed by atoms with Crippen molar-refractivity contribution in [2.75, 3.05) is 0 Å². The molecule has 0 saturated carbocycles. The standard InChI is InChI=1S/C16H42Si4/c1-12-16(2)20(13-17(3,4)5,14-18(6,7)8)15-19(9,10)11/h16H,12-15H2,1-11H3. The summed E-state index contributed by atoms with van der Waals surface area (Å²) in [7, 11) is -4.02. The highest BCUT2D eigenvalue weighted by Crippen LogP contribution is 2.43. The first-order valence-corrected chi connectivity index (χ1v) is 22.4. The van der Waals surface area contributed by atoms with Crippen molar-refractivity contribution in [3.05, 3.63) is 0 Å². The van der Waals surface area contributed by atoms with Crippen LogP contribution in [0, 0.1) is 0 Å². The first-order chi connectivity index (χ1) is 8.60. The SMILES string of the molecule is CCC(C)[Si](C[Si](C)(C)C)(C[Si](C)(C)C)C[Si](C)(C)C. The number of hydrogen-bond donors (Lipinski definition) is 0. The van der Waals surface area contributed by atoms with Crippen molar-refractivity contribution in [3.63, 3.8) is 0 Å². The molecule has 0 aliphatic carbocycles. The second kappa shape index (κ2) is 6.96. The lowest BCUT2D eigenvalue weighted by atomic mass is 10.4.